The Kier molecular flexibility index (Phi) is 5.31. The zero-order valence-electron chi connectivity index (χ0n) is 15.2. The quantitative estimate of drug-likeness (QED) is 0.640. The van der Waals surface area contributed by atoms with Gasteiger partial charge in [-0.2, -0.15) is 0 Å². The van der Waals surface area contributed by atoms with Crippen molar-refractivity contribution >= 4 is 6.08 Å². The highest BCUT2D eigenvalue weighted by molar-refractivity contribution is 5.64. The molecule has 28 heavy (non-hydrogen) atoms. The molecule has 1 aliphatic carbocycles. The molecule has 1 saturated heterocycles. The van der Waals surface area contributed by atoms with Crippen molar-refractivity contribution in [3.8, 4) is 0 Å². The first-order valence-corrected chi connectivity index (χ1v) is 9.34. The van der Waals surface area contributed by atoms with Gasteiger partial charge in [0.05, 0.1) is 6.61 Å². The molecule has 4 rings (SSSR count). The summed E-state index contributed by atoms with van der Waals surface area (Å²) in [6.45, 7) is -0.499. The second-order valence-corrected chi connectivity index (χ2v) is 7.46. The number of allylic oxidation sites excluding steroid dienone is 1. The van der Waals surface area contributed by atoms with Gasteiger partial charge < -0.3 is 25.2 Å². The fraction of sp³-hybridized carbons (Fsp3) is 0.364. The maximum absolute atomic E-state index is 14.4. The summed E-state index contributed by atoms with van der Waals surface area (Å²) in [5.74, 6) is -0.356. The lowest BCUT2D eigenvalue weighted by molar-refractivity contribution is -0.231. The monoisotopic (exact) mass is 386 g/mol. The lowest BCUT2D eigenvalue weighted by Crippen LogP contribution is -2.55. The first-order chi connectivity index (χ1) is 13.5. The fourth-order valence-corrected chi connectivity index (χ4v) is 3.99. The Labute approximate surface area is 162 Å². The molecular formula is C22H23FO5. The predicted molar refractivity (Wildman–Crippen MR) is 101 cm³/mol. The summed E-state index contributed by atoms with van der Waals surface area (Å²) in [5, 5.41) is 39.6. The molecule has 0 aromatic heterocycles. The molecule has 5 nitrogen and oxygen atoms in total. The highest BCUT2D eigenvalue weighted by atomic mass is 19.1. The van der Waals surface area contributed by atoms with E-state index in [0.29, 0.717) is 17.5 Å². The molecule has 2 aliphatic rings. The molecule has 1 aliphatic heterocycles. The lowest BCUT2D eigenvalue weighted by atomic mass is 9.90. The fourth-order valence-electron chi connectivity index (χ4n) is 3.99. The zero-order chi connectivity index (χ0) is 19.8. The third-order valence-corrected chi connectivity index (χ3v) is 5.54. The van der Waals surface area contributed by atoms with E-state index >= 15 is 0 Å². The summed E-state index contributed by atoms with van der Waals surface area (Å²) >= 11 is 0. The first-order valence-electron chi connectivity index (χ1n) is 9.34. The van der Waals surface area contributed by atoms with Crippen LogP contribution >= 0.6 is 0 Å². The van der Waals surface area contributed by atoms with Crippen molar-refractivity contribution < 1.29 is 29.6 Å². The Hall–Kier alpha value is -2.09. The second-order valence-electron chi connectivity index (χ2n) is 7.46. The maximum Gasteiger partial charge on any atom is 0.126 e. The van der Waals surface area contributed by atoms with Crippen LogP contribution in [0.1, 0.15) is 28.4 Å². The van der Waals surface area contributed by atoms with E-state index in [4.69, 9.17) is 4.74 Å². The van der Waals surface area contributed by atoms with Crippen molar-refractivity contribution in [1.82, 2.24) is 0 Å². The van der Waals surface area contributed by atoms with Crippen LogP contribution in [0.15, 0.2) is 48.0 Å². The summed E-state index contributed by atoms with van der Waals surface area (Å²) in [6.07, 6.45) is -2.98. The molecular weight excluding hydrogens is 363 g/mol. The molecule has 0 radical (unpaired) electrons. The van der Waals surface area contributed by atoms with E-state index in [1.54, 1.807) is 6.07 Å². The van der Waals surface area contributed by atoms with Crippen LogP contribution in [0.4, 0.5) is 4.39 Å². The van der Waals surface area contributed by atoms with Gasteiger partial charge in [0.15, 0.2) is 0 Å². The smallest absolute Gasteiger partial charge is 0.126 e. The Morgan fingerprint density at radius 1 is 1.00 bits per heavy atom. The summed E-state index contributed by atoms with van der Waals surface area (Å²) in [4.78, 5) is 0. The van der Waals surface area contributed by atoms with Crippen LogP contribution in [0, 0.1) is 5.82 Å². The van der Waals surface area contributed by atoms with Crippen molar-refractivity contribution in [3.63, 3.8) is 0 Å². The highest BCUT2D eigenvalue weighted by Gasteiger charge is 2.44. The molecule has 0 bridgehead atoms. The van der Waals surface area contributed by atoms with Gasteiger partial charge in [-0.25, -0.2) is 4.39 Å². The molecule has 0 amide bonds. The maximum atomic E-state index is 14.4. The molecule has 2 aromatic rings. The first kappa shape index (κ1) is 19.2. The van der Waals surface area contributed by atoms with Crippen molar-refractivity contribution in [2.75, 3.05) is 6.61 Å². The third-order valence-electron chi connectivity index (χ3n) is 5.54. The van der Waals surface area contributed by atoms with Gasteiger partial charge in [-0.05, 0) is 47.2 Å². The van der Waals surface area contributed by atoms with Gasteiger partial charge in [0.2, 0.25) is 0 Å². The summed E-state index contributed by atoms with van der Waals surface area (Å²) in [5.41, 5.74) is 4.40. The van der Waals surface area contributed by atoms with Crippen LogP contribution in [0.3, 0.4) is 0 Å². The minimum Gasteiger partial charge on any atom is -0.394 e. The number of fused-ring (bicyclic) bond motifs is 1. The van der Waals surface area contributed by atoms with Crippen LogP contribution in [-0.2, 0) is 17.6 Å². The highest BCUT2D eigenvalue weighted by Crippen LogP contribution is 2.34. The summed E-state index contributed by atoms with van der Waals surface area (Å²) in [7, 11) is 0. The average molecular weight is 386 g/mol. The van der Waals surface area contributed by atoms with Crippen molar-refractivity contribution in [2.45, 2.75) is 43.4 Å². The lowest BCUT2D eigenvalue weighted by Gasteiger charge is -2.40. The molecule has 1 heterocycles. The van der Waals surface area contributed by atoms with E-state index in [9.17, 15) is 24.8 Å². The van der Waals surface area contributed by atoms with E-state index in [2.05, 4.69) is 12.1 Å². The molecule has 6 heteroatoms. The number of hydrogen-bond donors (Lipinski definition) is 4. The van der Waals surface area contributed by atoms with Crippen LogP contribution in [0.25, 0.3) is 6.08 Å². The Balaban J connectivity index is 1.58. The van der Waals surface area contributed by atoms with Gasteiger partial charge in [-0.15, -0.1) is 0 Å². The minimum atomic E-state index is -1.46. The van der Waals surface area contributed by atoms with Gasteiger partial charge in [0.1, 0.15) is 36.3 Å². The Morgan fingerprint density at radius 3 is 2.54 bits per heavy atom. The van der Waals surface area contributed by atoms with E-state index in [1.807, 2.05) is 18.2 Å². The molecule has 0 spiro atoms. The van der Waals surface area contributed by atoms with Crippen molar-refractivity contribution in [3.05, 3.63) is 76.1 Å². The predicted octanol–water partition coefficient (Wildman–Crippen LogP) is 1.52. The summed E-state index contributed by atoms with van der Waals surface area (Å²) in [6, 6.07) is 12.5. The number of rotatable bonds is 4. The summed E-state index contributed by atoms with van der Waals surface area (Å²) < 4.78 is 20.0. The number of halogens is 1. The Bertz CT molecular complexity index is 894. The molecule has 0 saturated carbocycles. The van der Waals surface area contributed by atoms with Gasteiger partial charge in [0, 0.05) is 0 Å². The van der Waals surface area contributed by atoms with E-state index in [0.717, 1.165) is 17.6 Å². The number of aliphatic hydroxyl groups is 4. The van der Waals surface area contributed by atoms with Gasteiger partial charge in [-0.3, -0.25) is 0 Å². The normalized spacial score (nSPS) is 29.5. The molecule has 0 unspecified atom stereocenters. The molecule has 148 valence electrons. The number of ether oxygens (including phenoxy) is 1. The number of hydrogen-bond acceptors (Lipinski definition) is 5. The molecule has 4 N–H and O–H groups in total. The van der Waals surface area contributed by atoms with Crippen LogP contribution in [0.5, 0.6) is 0 Å². The van der Waals surface area contributed by atoms with Crippen molar-refractivity contribution in [2.24, 2.45) is 0 Å². The van der Waals surface area contributed by atoms with E-state index in [1.165, 1.54) is 17.7 Å². The number of aliphatic hydroxyl groups excluding tert-OH is 4. The molecule has 2 aromatic carbocycles. The van der Waals surface area contributed by atoms with E-state index < -0.39 is 37.1 Å². The van der Waals surface area contributed by atoms with Crippen molar-refractivity contribution in [1.29, 1.82) is 0 Å². The van der Waals surface area contributed by atoms with Crippen LogP contribution in [0.2, 0.25) is 0 Å². The number of benzene rings is 2. The average Bonchev–Trinajstić information content (AvgIpc) is 3.11. The largest absolute Gasteiger partial charge is 0.394 e. The third kappa shape index (κ3) is 3.50. The van der Waals surface area contributed by atoms with E-state index in [-0.39, 0.29) is 5.82 Å². The standard InChI is InChI=1S/C22H23FO5/c23-17-6-5-15(22-21(27)20(26)19(25)18(11-24)28-22)10-16(17)9-12-7-13-3-1-2-4-14(13)8-12/h1-7,10,18-22,24-27H,8-9,11H2/t18-,19-,20+,21-,22+/m1/s1. The van der Waals surface area contributed by atoms with Gasteiger partial charge in [-0.1, -0.05) is 42.0 Å². The SMILES string of the molecule is OC[C@H]1O[C@@H](c2ccc(F)c(CC3=Cc4ccccc4C3)c2)[C@H](O)[C@@H](O)[C@@H]1O. The van der Waals surface area contributed by atoms with Gasteiger partial charge in [0.25, 0.3) is 0 Å². The van der Waals surface area contributed by atoms with Gasteiger partial charge >= 0.3 is 0 Å². The Morgan fingerprint density at radius 2 is 1.79 bits per heavy atom. The van der Waals surface area contributed by atoms with Crippen LogP contribution in [-0.4, -0.2) is 51.4 Å². The second kappa shape index (κ2) is 7.73. The molecule has 1 fully saturated rings. The molecule has 5 atom stereocenters. The zero-order valence-corrected chi connectivity index (χ0v) is 15.2. The van der Waals surface area contributed by atoms with Crippen LogP contribution < -0.4 is 0 Å². The minimum absolute atomic E-state index is 0.356. The topological polar surface area (TPSA) is 90.2 Å².